The van der Waals surface area contributed by atoms with Gasteiger partial charge in [-0.3, -0.25) is 4.79 Å². The molecule has 1 atom stereocenters. The number of nitrogens with two attached hydrogens (primary N) is 1. The minimum atomic E-state index is -0.573. The van der Waals surface area contributed by atoms with Crippen LogP contribution >= 0.6 is 0 Å². The molecule has 0 bridgehead atoms. The molecule has 1 aromatic carbocycles. The van der Waals surface area contributed by atoms with Crippen LogP contribution in [0, 0.1) is 5.92 Å². The molecule has 1 amide bonds. The molecule has 116 valence electrons. The predicted octanol–water partition coefficient (Wildman–Crippen LogP) is 1.66. The number of para-hydroxylation sites is 2. The van der Waals surface area contributed by atoms with E-state index in [9.17, 15) is 4.79 Å². The Morgan fingerprint density at radius 1 is 1.38 bits per heavy atom. The standard InChI is InChI=1S/C16H24N2O3/c1-12(2)10-18(9-5-8-17)16(19)15-11-20-13-6-3-4-7-14(13)21-15/h3-4,6-7,12,15H,5,8-11,17H2,1-2H3. The lowest BCUT2D eigenvalue weighted by molar-refractivity contribution is -0.141. The van der Waals surface area contributed by atoms with Gasteiger partial charge in [-0.05, 0) is 31.0 Å². The van der Waals surface area contributed by atoms with Gasteiger partial charge in [0.25, 0.3) is 5.91 Å². The van der Waals surface area contributed by atoms with Crippen LogP contribution in [0.3, 0.4) is 0 Å². The second-order valence-electron chi connectivity index (χ2n) is 5.68. The molecule has 0 aliphatic carbocycles. The number of carbonyl (C=O) groups is 1. The van der Waals surface area contributed by atoms with E-state index in [2.05, 4.69) is 13.8 Å². The van der Waals surface area contributed by atoms with Crippen molar-refractivity contribution in [3.05, 3.63) is 24.3 Å². The molecule has 1 unspecified atom stereocenters. The molecule has 5 nitrogen and oxygen atoms in total. The first-order chi connectivity index (χ1) is 10.1. The summed E-state index contributed by atoms with van der Waals surface area (Å²) in [6.07, 6.45) is 0.222. The zero-order valence-electron chi connectivity index (χ0n) is 12.7. The van der Waals surface area contributed by atoms with Gasteiger partial charge in [0.1, 0.15) is 6.61 Å². The summed E-state index contributed by atoms with van der Waals surface area (Å²) in [5, 5.41) is 0. The highest BCUT2D eigenvalue weighted by Crippen LogP contribution is 2.31. The van der Waals surface area contributed by atoms with Gasteiger partial charge in [-0.2, -0.15) is 0 Å². The third-order valence-corrected chi connectivity index (χ3v) is 3.31. The molecule has 5 heteroatoms. The number of hydrogen-bond acceptors (Lipinski definition) is 4. The van der Waals surface area contributed by atoms with Gasteiger partial charge in [0, 0.05) is 13.1 Å². The average molecular weight is 292 g/mol. The fourth-order valence-electron chi connectivity index (χ4n) is 2.36. The number of ether oxygens (including phenoxy) is 2. The Kier molecular flexibility index (Phi) is 5.44. The van der Waals surface area contributed by atoms with E-state index in [4.69, 9.17) is 15.2 Å². The van der Waals surface area contributed by atoms with Gasteiger partial charge in [0.05, 0.1) is 0 Å². The number of nitrogens with zero attached hydrogens (tertiary/aromatic N) is 1. The number of rotatable bonds is 6. The van der Waals surface area contributed by atoms with Crippen molar-refractivity contribution in [2.45, 2.75) is 26.4 Å². The van der Waals surface area contributed by atoms with Gasteiger partial charge in [0.2, 0.25) is 6.10 Å². The van der Waals surface area contributed by atoms with E-state index in [-0.39, 0.29) is 12.5 Å². The highest BCUT2D eigenvalue weighted by Gasteiger charge is 2.31. The topological polar surface area (TPSA) is 64.8 Å². The van der Waals surface area contributed by atoms with Gasteiger partial charge in [-0.15, -0.1) is 0 Å². The molecule has 1 aliphatic rings. The Bertz CT molecular complexity index is 476. The van der Waals surface area contributed by atoms with Gasteiger partial charge < -0.3 is 20.1 Å². The first kappa shape index (κ1) is 15.6. The Morgan fingerprint density at radius 3 is 2.76 bits per heavy atom. The molecule has 0 spiro atoms. The molecular formula is C16H24N2O3. The number of amides is 1. The number of benzene rings is 1. The number of carbonyl (C=O) groups excluding carboxylic acids is 1. The second-order valence-corrected chi connectivity index (χ2v) is 5.68. The SMILES string of the molecule is CC(C)CN(CCCN)C(=O)C1COc2ccccc2O1. The smallest absolute Gasteiger partial charge is 0.267 e. The zero-order valence-corrected chi connectivity index (χ0v) is 12.7. The lowest BCUT2D eigenvalue weighted by Gasteiger charge is -2.31. The Hall–Kier alpha value is -1.75. The minimum Gasteiger partial charge on any atom is -0.485 e. The van der Waals surface area contributed by atoms with Crippen molar-refractivity contribution in [1.29, 1.82) is 0 Å². The number of fused-ring (bicyclic) bond motifs is 1. The van der Waals surface area contributed by atoms with E-state index in [0.717, 1.165) is 6.42 Å². The average Bonchev–Trinajstić information content (AvgIpc) is 2.50. The molecule has 0 aromatic heterocycles. The molecular weight excluding hydrogens is 268 g/mol. The fraction of sp³-hybridized carbons (Fsp3) is 0.562. The largest absolute Gasteiger partial charge is 0.485 e. The molecule has 1 aromatic rings. The summed E-state index contributed by atoms with van der Waals surface area (Å²) in [6.45, 7) is 6.39. The van der Waals surface area contributed by atoms with E-state index in [1.165, 1.54) is 0 Å². The van der Waals surface area contributed by atoms with Crippen LogP contribution in [0.4, 0.5) is 0 Å². The molecule has 0 saturated carbocycles. The molecule has 1 heterocycles. The van der Waals surface area contributed by atoms with Gasteiger partial charge in [0.15, 0.2) is 11.5 Å². The van der Waals surface area contributed by atoms with E-state index < -0.39 is 6.10 Å². The molecule has 0 fully saturated rings. The Labute approximate surface area is 126 Å². The van der Waals surface area contributed by atoms with E-state index in [0.29, 0.717) is 37.1 Å². The van der Waals surface area contributed by atoms with E-state index in [1.54, 1.807) is 0 Å². The monoisotopic (exact) mass is 292 g/mol. The first-order valence-electron chi connectivity index (χ1n) is 7.49. The number of hydrogen-bond donors (Lipinski definition) is 1. The van der Waals surface area contributed by atoms with Crippen LogP contribution in [-0.4, -0.2) is 43.2 Å². The summed E-state index contributed by atoms with van der Waals surface area (Å²) in [4.78, 5) is 14.5. The lowest BCUT2D eigenvalue weighted by atomic mass is 10.1. The van der Waals surface area contributed by atoms with E-state index in [1.807, 2.05) is 29.2 Å². The Balaban J connectivity index is 2.03. The van der Waals surface area contributed by atoms with Crippen LogP contribution in [0.2, 0.25) is 0 Å². The van der Waals surface area contributed by atoms with Gasteiger partial charge >= 0.3 is 0 Å². The third kappa shape index (κ3) is 4.11. The van der Waals surface area contributed by atoms with Crippen molar-refractivity contribution in [3.8, 4) is 11.5 Å². The normalized spacial score (nSPS) is 16.9. The van der Waals surface area contributed by atoms with Crippen LogP contribution in [0.25, 0.3) is 0 Å². The first-order valence-corrected chi connectivity index (χ1v) is 7.49. The highest BCUT2D eigenvalue weighted by atomic mass is 16.6. The minimum absolute atomic E-state index is 0.0216. The van der Waals surface area contributed by atoms with Crippen molar-refractivity contribution in [3.63, 3.8) is 0 Å². The summed E-state index contributed by atoms with van der Waals surface area (Å²) in [5.74, 6) is 1.71. The third-order valence-electron chi connectivity index (χ3n) is 3.31. The highest BCUT2D eigenvalue weighted by molar-refractivity contribution is 5.82. The lowest BCUT2D eigenvalue weighted by Crippen LogP contribution is -2.48. The fourth-order valence-corrected chi connectivity index (χ4v) is 2.36. The molecule has 1 aliphatic heterocycles. The van der Waals surface area contributed by atoms with Crippen LogP contribution in [0.1, 0.15) is 20.3 Å². The van der Waals surface area contributed by atoms with Crippen LogP contribution in [0.15, 0.2) is 24.3 Å². The molecule has 2 rings (SSSR count). The molecule has 0 saturated heterocycles. The second kappa shape index (κ2) is 7.31. The maximum absolute atomic E-state index is 12.6. The van der Waals surface area contributed by atoms with Crippen molar-refractivity contribution >= 4 is 5.91 Å². The van der Waals surface area contributed by atoms with Crippen LogP contribution in [-0.2, 0) is 4.79 Å². The Morgan fingerprint density at radius 2 is 2.10 bits per heavy atom. The van der Waals surface area contributed by atoms with Crippen LogP contribution < -0.4 is 15.2 Å². The summed E-state index contributed by atoms with van der Waals surface area (Å²) in [5.41, 5.74) is 5.56. The summed E-state index contributed by atoms with van der Waals surface area (Å²) < 4.78 is 11.4. The maximum atomic E-state index is 12.6. The molecule has 0 radical (unpaired) electrons. The van der Waals surface area contributed by atoms with Crippen molar-refractivity contribution in [2.24, 2.45) is 11.7 Å². The van der Waals surface area contributed by atoms with Crippen molar-refractivity contribution in [1.82, 2.24) is 4.90 Å². The summed E-state index contributed by atoms with van der Waals surface area (Å²) in [7, 11) is 0. The quantitative estimate of drug-likeness (QED) is 0.866. The summed E-state index contributed by atoms with van der Waals surface area (Å²) in [6, 6.07) is 7.42. The predicted molar refractivity (Wildman–Crippen MR) is 81.4 cm³/mol. The maximum Gasteiger partial charge on any atom is 0.267 e. The molecule has 21 heavy (non-hydrogen) atoms. The zero-order chi connectivity index (χ0) is 15.2. The summed E-state index contributed by atoms with van der Waals surface area (Å²) >= 11 is 0. The molecule has 2 N–H and O–H groups in total. The van der Waals surface area contributed by atoms with Crippen molar-refractivity contribution < 1.29 is 14.3 Å². The van der Waals surface area contributed by atoms with Gasteiger partial charge in [-0.25, -0.2) is 0 Å². The van der Waals surface area contributed by atoms with E-state index >= 15 is 0 Å². The van der Waals surface area contributed by atoms with Crippen molar-refractivity contribution in [2.75, 3.05) is 26.2 Å². The van der Waals surface area contributed by atoms with Crippen LogP contribution in [0.5, 0.6) is 11.5 Å². The van der Waals surface area contributed by atoms with Gasteiger partial charge in [-0.1, -0.05) is 26.0 Å².